The first-order valence-corrected chi connectivity index (χ1v) is 8.37. The molecule has 0 saturated carbocycles. The third kappa shape index (κ3) is 3.44. The van der Waals surface area contributed by atoms with Gasteiger partial charge in [-0.1, -0.05) is 31.2 Å². The Bertz CT molecular complexity index is 679. The molecule has 122 valence electrons. The number of carbonyl (C=O) groups is 1. The molecule has 0 unspecified atom stereocenters. The quantitative estimate of drug-likeness (QED) is 0.852. The predicted molar refractivity (Wildman–Crippen MR) is 88.7 cm³/mol. The lowest BCUT2D eigenvalue weighted by molar-refractivity contribution is -0.135. The van der Waals surface area contributed by atoms with E-state index in [9.17, 15) is 4.79 Å². The zero-order valence-corrected chi connectivity index (χ0v) is 13.9. The van der Waals surface area contributed by atoms with E-state index in [2.05, 4.69) is 41.4 Å². The zero-order chi connectivity index (χ0) is 16.2. The topological polar surface area (TPSA) is 51.0 Å². The molecule has 0 saturated heterocycles. The first-order chi connectivity index (χ1) is 11.2. The highest BCUT2D eigenvalue weighted by atomic mass is 16.2. The van der Waals surface area contributed by atoms with Crippen LogP contribution in [0, 0.1) is 5.92 Å². The summed E-state index contributed by atoms with van der Waals surface area (Å²) in [7, 11) is 1.87. The smallest absolute Gasteiger partial charge is 0.226 e. The van der Waals surface area contributed by atoms with Crippen LogP contribution in [-0.2, 0) is 30.7 Å². The molecule has 1 aliphatic carbocycles. The molecule has 2 aromatic rings. The monoisotopic (exact) mass is 312 g/mol. The lowest BCUT2D eigenvalue weighted by atomic mass is 9.83. The molecule has 1 aromatic heterocycles. The molecule has 3 rings (SSSR count). The lowest BCUT2D eigenvalue weighted by Gasteiger charge is -2.27. The summed E-state index contributed by atoms with van der Waals surface area (Å²) < 4.78 is 2.03. The molecule has 23 heavy (non-hydrogen) atoms. The molecule has 1 atom stereocenters. The van der Waals surface area contributed by atoms with E-state index in [4.69, 9.17) is 0 Å². The van der Waals surface area contributed by atoms with Crippen LogP contribution in [0.15, 0.2) is 30.6 Å². The highest BCUT2D eigenvalue weighted by molar-refractivity contribution is 5.79. The van der Waals surface area contributed by atoms with Gasteiger partial charge in [-0.25, -0.2) is 0 Å². The van der Waals surface area contributed by atoms with Gasteiger partial charge in [0.2, 0.25) is 5.91 Å². The molecular formula is C18H24N4O. The van der Waals surface area contributed by atoms with E-state index < -0.39 is 0 Å². The van der Waals surface area contributed by atoms with Crippen molar-refractivity contribution in [2.45, 2.75) is 45.7 Å². The molecule has 1 heterocycles. The fourth-order valence-corrected chi connectivity index (χ4v) is 3.34. The zero-order valence-electron chi connectivity index (χ0n) is 13.9. The summed E-state index contributed by atoms with van der Waals surface area (Å²) in [5.41, 5.74) is 2.71. The van der Waals surface area contributed by atoms with Crippen molar-refractivity contribution in [3.05, 3.63) is 47.5 Å². The van der Waals surface area contributed by atoms with Crippen molar-refractivity contribution in [1.29, 1.82) is 0 Å². The Balaban J connectivity index is 1.65. The van der Waals surface area contributed by atoms with Crippen molar-refractivity contribution in [2.24, 2.45) is 5.92 Å². The van der Waals surface area contributed by atoms with E-state index in [1.807, 2.05) is 11.6 Å². The van der Waals surface area contributed by atoms with E-state index in [0.717, 1.165) is 38.1 Å². The van der Waals surface area contributed by atoms with Gasteiger partial charge in [0.15, 0.2) is 5.82 Å². The van der Waals surface area contributed by atoms with Gasteiger partial charge in [0.1, 0.15) is 6.33 Å². The van der Waals surface area contributed by atoms with Crippen molar-refractivity contribution in [3.63, 3.8) is 0 Å². The largest absolute Gasteiger partial charge is 0.338 e. The third-order valence-corrected chi connectivity index (χ3v) is 4.61. The van der Waals surface area contributed by atoms with E-state index in [-0.39, 0.29) is 11.8 Å². The van der Waals surface area contributed by atoms with E-state index >= 15 is 0 Å². The van der Waals surface area contributed by atoms with Crippen LogP contribution in [0.3, 0.4) is 0 Å². The van der Waals surface area contributed by atoms with Crippen LogP contribution in [0.5, 0.6) is 0 Å². The summed E-state index contributed by atoms with van der Waals surface area (Å²) in [6.07, 6.45) is 5.55. The third-order valence-electron chi connectivity index (χ3n) is 4.61. The number of rotatable bonds is 5. The van der Waals surface area contributed by atoms with Crippen molar-refractivity contribution < 1.29 is 4.79 Å². The standard InChI is InChI=1S/C18H24N4O/c1-3-10-22-13-19-20-17(22)12-21(2)18(23)16-9-8-14-6-4-5-7-15(14)11-16/h4-7,13,16H,3,8-12H2,1-2H3/t16-/m1/s1. The molecule has 1 aliphatic rings. The summed E-state index contributed by atoms with van der Waals surface area (Å²) in [5.74, 6) is 1.15. The first-order valence-electron chi connectivity index (χ1n) is 8.37. The van der Waals surface area contributed by atoms with Crippen molar-refractivity contribution in [2.75, 3.05) is 7.05 Å². The predicted octanol–water partition coefficient (Wildman–Crippen LogP) is 2.45. The molecule has 1 aromatic carbocycles. The van der Waals surface area contributed by atoms with Gasteiger partial charge in [0.05, 0.1) is 6.54 Å². The second-order valence-corrected chi connectivity index (χ2v) is 6.34. The average Bonchev–Trinajstić information content (AvgIpc) is 3.01. The molecule has 0 bridgehead atoms. The van der Waals surface area contributed by atoms with Gasteiger partial charge >= 0.3 is 0 Å². The molecule has 0 radical (unpaired) electrons. The summed E-state index contributed by atoms with van der Waals surface area (Å²) in [5, 5.41) is 8.13. The van der Waals surface area contributed by atoms with Crippen LogP contribution in [0.1, 0.15) is 36.7 Å². The van der Waals surface area contributed by atoms with Crippen molar-refractivity contribution in [1.82, 2.24) is 19.7 Å². The van der Waals surface area contributed by atoms with Gasteiger partial charge in [-0.05, 0) is 36.8 Å². The summed E-state index contributed by atoms with van der Waals surface area (Å²) in [4.78, 5) is 14.6. The van der Waals surface area contributed by atoms with Crippen LogP contribution in [0.4, 0.5) is 0 Å². The van der Waals surface area contributed by atoms with E-state index in [1.54, 1.807) is 11.2 Å². The molecule has 0 aliphatic heterocycles. The fourth-order valence-electron chi connectivity index (χ4n) is 3.34. The number of fused-ring (bicyclic) bond motifs is 1. The van der Waals surface area contributed by atoms with Crippen LogP contribution in [0.25, 0.3) is 0 Å². The van der Waals surface area contributed by atoms with E-state index in [0.29, 0.717) is 6.54 Å². The van der Waals surface area contributed by atoms with Crippen molar-refractivity contribution >= 4 is 5.91 Å². The maximum absolute atomic E-state index is 12.8. The number of aromatic nitrogens is 3. The van der Waals surface area contributed by atoms with Crippen LogP contribution in [-0.4, -0.2) is 32.6 Å². The Kier molecular flexibility index (Phi) is 4.74. The number of nitrogens with zero attached hydrogens (tertiary/aromatic N) is 4. The van der Waals surface area contributed by atoms with Crippen LogP contribution in [0.2, 0.25) is 0 Å². The van der Waals surface area contributed by atoms with Gasteiger partial charge in [0, 0.05) is 19.5 Å². The van der Waals surface area contributed by atoms with Crippen molar-refractivity contribution in [3.8, 4) is 0 Å². The molecule has 0 spiro atoms. The Morgan fingerprint density at radius 1 is 1.35 bits per heavy atom. The van der Waals surface area contributed by atoms with Gasteiger partial charge < -0.3 is 9.47 Å². The molecule has 5 heteroatoms. The number of aryl methyl sites for hydroxylation is 2. The Hall–Kier alpha value is -2.17. The number of carbonyl (C=O) groups excluding carboxylic acids is 1. The number of amides is 1. The SMILES string of the molecule is CCCn1cnnc1CN(C)C(=O)[C@@H]1CCc2ccccc2C1. The van der Waals surface area contributed by atoms with E-state index in [1.165, 1.54) is 11.1 Å². The van der Waals surface area contributed by atoms with Crippen LogP contribution < -0.4 is 0 Å². The normalized spacial score (nSPS) is 16.9. The van der Waals surface area contributed by atoms with Gasteiger partial charge in [-0.3, -0.25) is 4.79 Å². The Morgan fingerprint density at radius 3 is 2.91 bits per heavy atom. The minimum Gasteiger partial charge on any atom is -0.338 e. The van der Waals surface area contributed by atoms with Gasteiger partial charge in [-0.2, -0.15) is 0 Å². The maximum Gasteiger partial charge on any atom is 0.226 e. The van der Waals surface area contributed by atoms with Crippen LogP contribution >= 0.6 is 0 Å². The maximum atomic E-state index is 12.8. The van der Waals surface area contributed by atoms with Gasteiger partial charge in [0.25, 0.3) is 0 Å². The minimum atomic E-state index is 0.0810. The number of hydrogen-bond donors (Lipinski definition) is 0. The molecular weight excluding hydrogens is 288 g/mol. The Labute approximate surface area is 137 Å². The highest BCUT2D eigenvalue weighted by Gasteiger charge is 2.27. The minimum absolute atomic E-state index is 0.0810. The first kappa shape index (κ1) is 15.7. The summed E-state index contributed by atoms with van der Waals surface area (Å²) in [6.45, 7) is 3.54. The fraction of sp³-hybridized carbons (Fsp3) is 0.500. The number of benzene rings is 1. The summed E-state index contributed by atoms with van der Waals surface area (Å²) in [6, 6.07) is 8.45. The highest BCUT2D eigenvalue weighted by Crippen LogP contribution is 2.26. The molecule has 0 N–H and O–H groups in total. The molecule has 5 nitrogen and oxygen atoms in total. The molecule has 1 amide bonds. The second kappa shape index (κ2) is 6.94. The van der Waals surface area contributed by atoms with Gasteiger partial charge in [-0.15, -0.1) is 10.2 Å². The molecule has 0 fully saturated rings. The average molecular weight is 312 g/mol. The second-order valence-electron chi connectivity index (χ2n) is 6.34. The number of hydrogen-bond acceptors (Lipinski definition) is 3. The summed E-state index contributed by atoms with van der Waals surface area (Å²) >= 11 is 0. The lowest BCUT2D eigenvalue weighted by Crippen LogP contribution is -2.36. The Morgan fingerprint density at radius 2 is 2.13 bits per heavy atom.